The molecule has 0 fully saturated rings. The zero-order valence-electron chi connectivity index (χ0n) is 18.6. The molecule has 8 nitrogen and oxygen atoms in total. The summed E-state index contributed by atoms with van der Waals surface area (Å²) >= 11 is 6.04. The van der Waals surface area contributed by atoms with Gasteiger partial charge in [0.2, 0.25) is 5.91 Å². The number of halogens is 1. The zero-order valence-corrected chi connectivity index (χ0v) is 19.3. The summed E-state index contributed by atoms with van der Waals surface area (Å²) in [6, 6.07) is 19.7. The molecule has 0 aliphatic carbocycles. The fourth-order valence-electron chi connectivity index (χ4n) is 3.73. The Balaban J connectivity index is 1.64. The van der Waals surface area contributed by atoms with Gasteiger partial charge in [-0.25, -0.2) is 4.79 Å². The highest BCUT2D eigenvalue weighted by Gasteiger charge is 2.23. The lowest BCUT2D eigenvalue weighted by Gasteiger charge is -2.17. The molecular weight excluding hydrogens is 470 g/mol. The number of ether oxygens (including phenoxy) is 1. The number of nitrogens with one attached hydrogen (secondary N) is 1. The van der Waals surface area contributed by atoms with Crippen molar-refractivity contribution >= 4 is 45.8 Å². The minimum Gasteiger partial charge on any atom is -0.451 e. The van der Waals surface area contributed by atoms with Crippen LogP contribution in [-0.2, 0) is 16.6 Å². The van der Waals surface area contributed by atoms with E-state index < -0.39 is 24.4 Å². The number of carbonyl (C=O) groups is 3. The number of benzene rings is 3. The number of esters is 1. The summed E-state index contributed by atoms with van der Waals surface area (Å²) in [7, 11) is 1.48. The number of nitrogens with zero attached hydrogens (tertiary/aromatic N) is 1. The summed E-state index contributed by atoms with van der Waals surface area (Å²) in [6.45, 7) is -0.586. The highest BCUT2D eigenvalue weighted by Crippen LogP contribution is 2.31. The predicted octanol–water partition coefficient (Wildman–Crippen LogP) is 3.75. The van der Waals surface area contributed by atoms with Gasteiger partial charge in [-0.1, -0.05) is 41.9 Å². The first kappa shape index (κ1) is 23.7. The summed E-state index contributed by atoms with van der Waals surface area (Å²) < 4.78 is 6.50. The monoisotopic (exact) mass is 489 g/mol. The Labute approximate surface area is 204 Å². The predicted molar refractivity (Wildman–Crippen MR) is 134 cm³/mol. The second-order valence-corrected chi connectivity index (χ2v) is 8.14. The highest BCUT2D eigenvalue weighted by molar-refractivity contribution is 6.30. The number of primary amides is 1. The van der Waals surface area contributed by atoms with Gasteiger partial charge < -0.3 is 20.4 Å². The standard InChI is InChI=1S/C26H20ClN3O5/c1-30-23(26(34)35-14-21(31)29-18-12-8-16(9-13-18)24(28)32)22(15-6-10-17(27)11-7-15)19-4-2-3-5-20(19)25(30)33/h2-13H,14H2,1H3,(H2,28,32)(H,29,31). The highest BCUT2D eigenvalue weighted by atomic mass is 35.5. The molecule has 35 heavy (non-hydrogen) atoms. The van der Waals surface area contributed by atoms with Gasteiger partial charge in [-0.05, 0) is 53.4 Å². The third-order valence-corrected chi connectivity index (χ3v) is 5.67. The molecule has 4 aromatic rings. The van der Waals surface area contributed by atoms with Crippen LogP contribution < -0.4 is 16.6 Å². The minimum atomic E-state index is -0.834. The molecule has 0 aliphatic heterocycles. The Hall–Kier alpha value is -4.43. The lowest BCUT2D eigenvalue weighted by molar-refractivity contribution is -0.119. The number of hydrogen-bond acceptors (Lipinski definition) is 5. The van der Waals surface area contributed by atoms with Crippen molar-refractivity contribution in [2.24, 2.45) is 12.8 Å². The average molecular weight is 490 g/mol. The number of rotatable bonds is 6. The first-order valence-electron chi connectivity index (χ1n) is 10.5. The Morgan fingerprint density at radius 1 is 0.943 bits per heavy atom. The number of carbonyl (C=O) groups excluding carboxylic acids is 3. The molecule has 1 heterocycles. The van der Waals surface area contributed by atoms with Crippen LogP contribution in [0.15, 0.2) is 77.6 Å². The molecule has 0 aliphatic rings. The van der Waals surface area contributed by atoms with E-state index in [1.165, 1.54) is 35.9 Å². The lowest BCUT2D eigenvalue weighted by Crippen LogP contribution is -2.28. The normalized spacial score (nSPS) is 10.7. The van der Waals surface area contributed by atoms with Crippen LogP contribution in [0.2, 0.25) is 5.02 Å². The van der Waals surface area contributed by atoms with Crippen LogP contribution in [0.4, 0.5) is 5.69 Å². The van der Waals surface area contributed by atoms with Gasteiger partial charge in [0.1, 0.15) is 5.69 Å². The molecule has 0 spiro atoms. The van der Waals surface area contributed by atoms with Crippen LogP contribution in [0.1, 0.15) is 20.8 Å². The molecule has 0 saturated carbocycles. The molecule has 0 atom stereocenters. The van der Waals surface area contributed by atoms with E-state index >= 15 is 0 Å². The quantitative estimate of drug-likeness (QED) is 0.399. The van der Waals surface area contributed by atoms with E-state index in [2.05, 4.69) is 5.32 Å². The van der Waals surface area contributed by atoms with Crippen molar-refractivity contribution in [1.29, 1.82) is 0 Å². The van der Waals surface area contributed by atoms with Gasteiger partial charge in [-0.2, -0.15) is 0 Å². The second-order valence-electron chi connectivity index (χ2n) is 7.71. The smallest absolute Gasteiger partial charge is 0.356 e. The average Bonchev–Trinajstić information content (AvgIpc) is 2.85. The summed E-state index contributed by atoms with van der Waals surface area (Å²) in [5.41, 5.74) is 6.69. The molecule has 3 N–H and O–H groups in total. The number of amides is 2. The summed E-state index contributed by atoms with van der Waals surface area (Å²) in [5, 5.41) is 4.10. The fraction of sp³-hybridized carbons (Fsp3) is 0.0769. The molecule has 0 bridgehead atoms. The number of hydrogen-bond donors (Lipinski definition) is 2. The van der Waals surface area contributed by atoms with Crippen molar-refractivity contribution in [3.05, 3.63) is 99.4 Å². The van der Waals surface area contributed by atoms with Crippen LogP contribution in [0.25, 0.3) is 21.9 Å². The van der Waals surface area contributed by atoms with Gasteiger partial charge in [-0.3, -0.25) is 14.4 Å². The lowest BCUT2D eigenvalue weighted by atomic mass is 9.97. The van der Waals surface area contributed by atoms with E-state index in [0.717, 1.165) is 0 Å². The Morgan fingerprint density at radius 2 is 1.57 bits per heavy atom. The number of fused-ring (bicyclic) bond motifs is 1. The maximum absolute atomic E-state index is 13.2. The molecule has 0 unspecified atom stereocenters. The largest absolute Gasteiger partial charge is 0.451 e. The number of nitrogens with two attached hydrogens (primary N) is 1. The van der Waals surface area contributed by atoms with E-state index in [0.29, 0.717) is 38.2 Å². The number of aromatic nitrogens is 1. The van der Waals surface area contributed by atoms with E-state index in [-0.39, 0.29) is 11.3 Å². The van der Waals surface area contributed by atoms with Crippen LogP contribution in [0.3, 0.4) is 0 Å². The minimum absolute atomic E-state index is 0.00892. The van der Waals surface area contributed by atoms with Gasteiger partial charge >= 0.3 is 5.97 Å². The van der Waals surface area contributed by atoms with Gasteiger partial charge in [0.25, 0.3) is 11.5 Å². The molecule has 0 saturated heterocycles. The Morgan fingerprint density at radius 3 is 2.20 bits per heavy atom. The van der Waals surface area contributed by atoms with Crippen molar-refractivity contribution in [2.45, 2.75) is 0 Å². The van der Waals surface area contributed by atoms with Crippen molar-refractivity contribution in [3.8, 4) is 11.1 Å². The molecular formula is C26H20ClN3O5. The molecule has 9 heteroatoms. The van der Waals surface area contributed by atoms with Gasteiger partial charge in [0, 0.05) is 34.3 Å². The second kappa shape index (κ2) is 9.82. The van der Waals surface area contributed by atoms with Crippen LogP contribution in [0.5, 0.6) is 0 Å². The van der Waals surface area contributed by atoms with Crippen molar-refractivity contribution in [3.63, 3.8) is 0 Å². The van der Waals surface area contributed by atoms with Crippen LogP contribution >= 0.6 is 11.6 Å². The topological polar surface area (TPSA) is 120 Å². The van der Waals surface area contributed by atoms with Gasteiger partial charge in [0.05, 0.1) is 0 Å². The number of anilines is 1. The molecule has 3 aromatic carbocycles. The molecule has 0 radical (unpaired) electrons. The fourth-order valence-corrected chi connectivity index (χ4v) is 3.85. The maximum atomic E-state index is 13.2. The Bertz CT molecular complexity index is 1510. The SMILES string of the molecule is Cn1c(C(=O)OCC(=O)Nc2ccc(C(N)=O)cc2)c(-c2ccc(Cl)cc2)c2ccccc2c1=O. The zero-order chi connectivity index (χ0) is 25.1. The van der Waals surface area contributed by atoms with Crippen LogP contribution in [0, 0.1) is 0 Å². The third-order valence-electron chi connectivity index (χ3n) is 5.42. The van der Waals surface area contributed by atoms with Crippen molar-refractivity contribution < 1.29 is 19.1 Å². The molecule has 1 aromatic heterocycles. The van der Waals surface area contributed by atoms with Crippen molar-refractivity contribution in [2.75, 3.05) is 11.9 Å². The first-order chi connectivity index (χ1) is 16.8. The Kier molecular flexibility index (Phi) is 6.66. The van der Waals surface area contributed by atoms with Crippen LogP contribution in [-0.4, -0.2) is 29.0 Å². The first-order valence-corrected chi connectivity index (χ1v) is 10.9. The molecule has 2 amide bonds. The number of pyridine rings is 1. The summed E-state index contributed by atoms with van der Waals surface area (Å²) in [5.74, 6) is -2.02. The molecule has 176 valence electrons. The summed E-state index contributed by atoms with van der Waals surface area (Å²) in [4.78, 5) is 49.7. The van der Waals surface area contributed by atoms with E-state index in [1.807, 2.05) is 0 Å². The maximum Gasteiger partial charge on any atom is 0.356 e. The van der Waals surface area contributed by atoms with Gasteiger partial charge in [-0.15, -0.1) is 0 Å². The van der Waals surface area contributed by atoms with E-state index in [4.69, 9.17) is 22.1 Å². The van der Waals surface area contributed by atoms with E-state index in [9.17, 15) is 19.2 Å². The van der Waals surface area contributed by atoms with Crippen molar-refractivity contribution in [1.82, 2.24) is 4.57 Å². The summed E-state index contributed by atoms with van der Waals surface area (Å²) in [6.07, 6.45) is 0. The van der Waals surface area contributed by atoms with E-state index in [1.54, 1.807) is 48.5 Å². The van der Waals surface area contributed by atoms with Gasteiger partial charge in [0.15, 0.2) is 6.61 Å². The third kappa shape index (κ3) is 4.92. The molecule has 4 rings (SSSR count).